The van der Waals surface area contributed by atoms with Crippen molar-refractivity contribution >= 4 is 11.2 Å². The Labute approximate surface area is 159 Å². The van der Waals surface area contributed by atoms with Gasteiger partial charge in [-0.25, -0.2) is 9.97 Å². The van der Waals surface area contributed by atoms with Crippen LogP contribution in [0.5, 0.6) is 5.75 Å². The van der Waals surface area contributed by atoms with Gasteiger partial charge in [-0.15, -0.1) is 0 Å². The maximum absolute atomic E-state index is 13.0. The molecule has 0 saturated heterocycles. The lowest BCUT2D eigenvalue weighted by Crippen LogP contribution is -2.04. The number of hydrogen-bond donors (Lipinski definition) is 1. The molecule has 4 rings (SSSR count). The van der Waals surface area contributed by atoms with E-state index in [1.54, 1.807) is 25.4 Å². The number of ether oxygens (including phenoxy) is 1. The van der Waals surface area contributed by atoms with Crippen LogP contribution in [-0.2, 0) is 12.6 Å². The van der Waals surface area contributed by atoms with E-state index in [1.807, 2.05) is 24.3 Å². The lowest BCUT2D eigenvalue weighted by atomic mass is 10.0. The smallest absolute Gasteiger partial charge is 0.416 e. The molecule has 2 heterocycles. The third kappa shape index (κ3) is 3.69. The van der Waals surface area contributed by atoms with Gasteiger partial charge in [0.05, 0.1) is 12.7 Å². The van der Waals surface area contributed by atoms with E-state index in [0.717, 1.165) is 29.3 Å². The number of halogens is 3. The number of aromatic amines is 1. The molecule has 2 aromatic carbocycles. The molecule has 4 nitrogen and oxygen atoms in total. The van der Waals surface area contributed by atoms with Crippen LogP contribution in [-0.4, -0.2) is 22.1 Å². The van der Waals surface area contributed by atoms with Crippen molar-refractivity contribution in [1.29, 1.82) is 0 Å². The van der Waals surface area contributed by atoms with Gasteiger partial charge < -0.3 is 9.72 Å². The number of pyridine rings is 1. The number of methoxy groups -OCH3 is 1. The number of aromatic nitrogens is 3. The summed E-state index contributed by atoms with van der Waals surface area (Å²) in [6.45, 7) is 0. The van der Waals surface area contributed by atoms with Gasteiger partial charge in [0.15, 0.2) is 5.65 Å². The summed E-state index contributed by atoms with van der Waals surface area (Å²) >= 11 is 0. The van der Waals surface area contributed by atoms with Crippen molar-refractivity contribution in [2.75, 3.05) is 7.11 Å². The van der Waals surface area contributed by atoms with Crippen LogP contribution in [0, 0.1) is 0 Å². The summed E-state index contributed by atoms with van der Waals surface area (Å²) in [5.41, 5.74) is 2.60. The molecule has 0 atom stereocenters. The van der Waals surface area contributed by atoms with Crippen molar-refractivity contribution in [3.63, 3.8) is 0 Å². The molecule has 0 saturated carbocycles. The van der Waals surface area contributed by atoms with Crippen LogP contribution in [0.1, 0.15) is 17.0 Å². The lowest BCUT2D eigenvalue weighted by molar-refractivity contribution is -0.137. The molecule has 0 unspecified atom stereocenters. The molecule has 0 aliphatic carbocycles. The number of fused-ring (bicyclic) bond motifs is 1. The number of hydrogen-bond acceptors (Lipinski definition) is 3. The Kier molecular flexibility index (Phi) is 4.50. The number of rotatable bonds is 4. The Hall–Kier alpha value is -3.35. The molecule has 1 N–H and O–H groups in total. The Bertz CT molecular complexity index is 1120. The highest BCUT2D eigenvalue weighted by Crippen LogP contribution is 2.32. The molecule has 4 aromatic rings. The van der Waals surface area contributed by atoms with E-state index in [2.05, 4.69) is 15.0 Å². The molecule has 0 amide bonds. The Morgan fingerprint density at radius 3 is 2.50 bits per heavy atom. The first-order valence-corrected chi connectivity index (χ1v) is 8.57. The van der Waals surface area contributed by atoms with Gasteiger partial charge in [0.1, 0.15) is 17.1 Å². The van der Waals surface area contributed by atoms with Crippen LogP contribution >= 0.6 is 0 Å². The molecular weight excluding hydrogens is 367 g/mol. The standard InChI is InChI=1S/C21H16F3N3O/c1-28-17-7-5-13(6-8-17)9-19-26-18-11-15(12-25-20(18)27-19)14-3-2-4-16(10-14)21(22,23)24/h2-8,10-12H,9H2,1H3,(H,25,26,27). The minimum Gasteiger partial charge on any atom is -0.497 e. The molecule has 2 aromatic heterocycles. The predicted octanol–water partition coefficient (Wildman–Crippen LogP) is 5.24. The van der Waals surface area contributed by atoms with Crippen LogP contribution in [0.15, 0.2) is 60.8 Å². The van der Waals surface area contributed by atoms with Gasteiger partial charge in [0, 0.05) is 18.2 Å². The predicted molar refractivity (Wildman–Crippen MR) is 100 cm³/mol. The zero-order chi connectivity index (χ0) is 19.7. The van der Waals surface area contributed by atoms with Crippen molar-refractivity contribution in [2.45, 2.75) is 12.6 Å². The van der Waals surface area contributed by atoms with Crippen molar-refractivity contribution in [2.24, 2.45) is 0 Å². The third-order valence-electron chi connectivity index (χ3n) is 4.44. The highest BCUT2D eigenvalue weighted by molar-refractivity contribution is 5.78. The first-order valence-electron chi connectivity index (χ1n) is 8.57. The summed E-state index contributed by atoms with van der Waals surface area (Å²) in [6, 6.07) is 14.6. The SMILES string of the molecule is COc1ccc(Cc2nc3cc(-c4cccc(C(F)(F)F)c4)cnc3[nH]2)cc1. The summed E-state index contributed by atoms with van der Waals surface area (Å²) in [5.74, 6) is 1.51. The van der Waals surface area contributed by atoms with Gasteiger partial charge >= 0.3 is 6.18 Å². The average Bonchev–Trinajstić information content (AvgIpc) is 3.09. The van der Waals surface area contributed by atoms with Crippen molar-refractivity contribution in [1.82, 2.24) is 15.0 Å². The first-order chi connectivity index (χ1) is 13.4. The van der Waals surface area contributed by atoms with Crippen molar-refractivity contribution < 1.29 is 17.9 Å². The highest BCUT2D eigenvalue weighted by atomic mass is 19.4. The Morgan fingerprint density at radius 2 is 1.79 bits per heavy atom. The average molecular weight is 383 g/mol. The minimum absolute atomic E-state index is 0.448. The second-order valence-electron chi connectivity index (χ2n) is 6.38. The molecule has 0 aliphatic rings. The molecule has 0 bridgehead atoms. The number of alkyl halides is 3. The second kappa shape index (κ2) is 6.99. The van der Waals surface area contributed by atoms with Gasteiger partial charge in [-0.05, 0) is 41.5 Å². The summed E-state index contributed by atoms with van der Waals surface area (Å²) in [7, 11) is 1.61. The van der Waals surface area contributed by atoms with Crippen LogP contribution in [0.2, 0.25) is 0 Å². The summed E-state index contributed by atoms with van der Waals surface area (Å²) in [6.07, 6.45) is -2.25. The number of nitrogens with one attached hydrogen (secondary N) is 1. The summed E-state index contributed by atoms with van der Waals surface area (Å²) < 4.78 is 44.0. The Morgan fingerprint density at radius 1 is 1.00 bits per heavy atom. The van der Waals surface area contributed by atoms with E-state index in [1.165, 1.54) is 6.07 Å². The molecule has 0 spiro atoms. The molecule has 28 heavy (non-hydrogen) atoms. The zero-order valence-corrected chi connectivity index (χ0v) is 14.9. The fourth-order valence-electron chi connectivity index (χ4n) is 3.00. The summed E-state index contributed by atoms with van der Waals surface area (Å²) in [5, 5.41) is 0. The monoisotopic (exact) mass is 383 g/mol. The topological polar surface area (TPSA) is 50.8 Å². The summed E-state index contributed by atoms with van der Waals surface area (Å²) in [4.78, 5) is 12.0. The second-order valence-corrected chi connectivity index (χ2v) is 6.38. The Balaban J connectivity index is 1.63. The van der Waals surface area contributed by atoms with Gasteiger partial charge in [-0.2, -0.15) is 13.2 Å². The molecule has 0 radical (unpaired) electrons. The number of nitrogens with zero attached hydrogens (tertiary/aromatic N) is 2. The number of imidazole rings is 1. The van der Waals surface area contributed by atoms with E-state index in [4.69, 9.17) is 4.74 Å². The normalized spacial score (nSPS) is 11.7. The fourth-order valence-corrected chi connectivity index (χ4v) is 3.00. The number of benzene rings is 2. The van der Waals surface area contributed by atoms with Crippen LogP contribution < -0.4 is 4.74 Å². The lowest BCUT2D eigenvalue weighted by Gasteiger charge is -2.08. The maximum atomic E-state index is 13.0. The van der Waals surface area contributed by atoms with Crippen molar-refractivity contribution in [3.8, 4) is 16.9 Å². The third-order valence-corrected chi connectivity index (χ3v) is 4.44. The number of H-pyrrole nitrogens is 1. The van der Waals surface area contributed by atoms with E-state index < -0.39 is 11.7 Å². The first kappa shape index (κ1) is 18.0. The minimum atomic E-state index is -4.38. The van der Waals surface area contributed by atoms with Gasteiger partial charge in [0.2, 0.25) is 0 Å². The van der Waals surface area contributed by atoms with Gasteiger partial charge in [-0.3, -0.25) is 0 Å². The maximum Gasteiger partial charge on any atom is 0.416 e. The molecule has 0 aliphatic heterocycles. The van der Waals surface area contributed by atoms with Crippen LogP contribution in [0.25, 0.3) is 22.3 Å². The van der Waals surface area contributed by atoms with E-state index in [0.29, 0.717) is 28.7 Å². The molecule has 7 heteroatoms. The largest absolute Gasteiger partial charge is 0.497 e. The van der Waals surface area contributed by atoms with Gasteiger partial charge in [-0.1, -0.05) is 24.3 Å². The van der Waals surface area contributed by atoms with Crippen LogP contribution in [0.4, 0.5) is 13.2 Å². The fraction of sp³-hybridized carbons (Fsp3) is 0.143. The van der Waals surface area contributed by atoms with E-state index in [-0.39, 0.29) is 0 Å². The van der Waals surface area contributed by atoms with E-state index >= 15 is 0 Å². The van der Waals surface area contributed by atoms with Crippen LogP contribution in [0.3, 0.4) is 0 Å². The van der Waals surface area contributed by atoms with Gasteiger partial charge in [0.25, 0.3) is 0 Å². The zero-order valence-electron chi connectivity index (χ0n) is 14.9. The molecule has 142 valence electrons. The highest BCUT2D eigenvalue weighted by Gasteiger charge is 2.30. The van der Waals surface area contributed by atoms with Crippen molar-refractivity contribution in [3.05, 3.63) is 77.7 Å². The molecular formula is C21H16F3N3O. The van der Waals surface area contributed by atoms with E-state index in [9.17, 15) is 13.2 Å². The quantitative estimate of drug-likeness (QED) is 0.524. The molecule has 0 fully saturated rings.